The third kappa shape index (κ3) is 5.03. The van der Waals surface area contributed by atoms with Crippen LogP contribution in [0.2, 0.25) is 0 Å². The molecule has 1 aromatic heterocycles. The number of benzene rings is 3. The van der Waals surface area contributed by atoms with E-state index in [1.807, 2.05) is 78.9 Å². The maximum atomic E-state index is 11.4. The summed E-state index contributed by atoms with van der Waals surface area (Å²) in [6, 6.07) is 27.5. The molecule has 0 saturated carbocycles. The Labute approximate surface area is 176 Å². The zero-order chi connectivity index (χ0) is 20.8. The topological polar surface area (TPSA) is 48.4 Å². The van der Waals surface area contributed by atoms with Gasteiger partial charge in [-0.2, -0.15) is 0 Å². The number of carbonyl (C=O) groups is 1. The van der Waals surface area contributed by atoms with Crippen LogP contribution >= 0.6 is 0 Å². The van der Waals surface area contributed by atoms with Gasteiger partial charge in [-0.3, -0.25) is 4.79 Å². The van der Waals surface area contributed by atoms with Gasteiger partial charge in [-0.25, -0.2) is 4.98 Å². The summed E-state index contributed by atoms with van der Waals surface area (Å²) in [6.45, 7) is 2.43. The van der Waals surface area contributed by atoms with Crippen molar-refractivity contribution in [1.29, 1.82) is 0 Å². The van der Waals surface area contributed by atoms with Gasteiger partial charge in [-0.05, 0) is 54.4 Å². The predicted octanol–water partition coefficient (Wildman–Crippen LogP) is 5.52. The van der Waals surface area contributed by atoms with Crippen LogP contribution in [0.3, 0.4) is 0 Å². The molecule has 0 atom stereocenters. The van der Waals surface area contributed by atoms with E-state index in [2.05, 4.69) is 11.1 Å². The normalized spacial score (nSPS) is 10.7. The number of hydrogen-bond acceptors (Lipinski definition) is 4. The molecular weight excluding hydrogens is 374 g/mol. The van der Waals surface area contributed by atoms with Gasteiger partial charge in [0.15, 0.2) is 0 Å². The molecule has 4 aromatic rings. The van der Waals surface area contributed by atoms with Crippen LogP contribution in [0.5, 0.6) is 11.5 Å². The number of nitrogens with zero attached hydrogens (tertiary/aromatic N) is 1. The van der Waals surface area contributed by atoms with E-state index >= 15 is 0 Å². The first-order valence-electron chi connectivity index (χ1n) is 9.94. The zero-order valence-electron chi connectivity index (χ0n) is 16.9. The van der Waals surface area contributed by atoms with Crippen molar-refractivity contribution in [2.45, 2.75) is 26.6 Å². The summed E-state index contributed by atoms with van der Waals surface area (Å²) in [5.74, 6) is 1.66. The molecule has 1 heterocycles. The van der Waals surface area contributed by atoms with Crippen LogP contribution in [-0.4, -0.2) is 10.8 Å². The Morgan fingerprint density at radius 3 is 2.10 bits per heavy atom. The summed E-state index contributed by atoms with van der Waals surface area (Å²) in [7, 11) is 0. The van der Waals surface area contributed by atoms with Crippen molar-refractivity contribution in [1.82, 2.24) is 4.98 Å². The lowest BCUT2D eigenvalue weighted by atomic mass is 10.0. The van der Waals surface area contributed by atoms with Crippen molar-refractivity contribution in [2.75, 3.05) is 0 Å². The van der Waals surface area contributed by atoms with Crippen molar-refractivity contribution in [2.24, 2.45) is 0 Å². The number of pyridine rings is 1. The van der Waals surface area contributed by atoms with E-state index in [1.165, 1.54) is 0 Å². The molecule has 4 nitrogen and oxygen atoms in total. The van der Waals surface area contributed by atoms with E-state index in [0.29, 0.717) is 19.6 Å². The van der Waals surface area contributed by atoms with Crippen molar-refractivity contribution in [3.05, 3.63) is 102 Å². The Bertz CT molecular complexity index is 1150. The Morgan fingerprint density at radius 1 is 0.733 bits per heavy atom. The van der Waals surface area contributed by atoms with Gasteiger partial charge in [0.25, 0.3) is 0 Å². The average Bonchev–Trinajstić information content (AvgIpc) is 2.77. The number of fused-ring (bicyclic) bond motifs is 1. The average molecular weight is 397 g/mol. The molecule has 30 heavy (non-hydrogen) atoms. The van der Waals surface area contributed by atoms with Gasteiger partial charge in [0.1, 0.15) is 30.5 Å². The van der Waals surface area contributed by atoms with Crippen LogP contribution in [0, 0.1) is 0 Å². The smallest absolute Gasteiger partial charge is 0.134 e. The summed E-state index contributed by atoms with van der Waals surface area (Å²) in [5.41, 5.74) is 3.88. The fourth-order valence-corrected chi connectivity index (χ4v) is 3.28. The maximum absolute atomic E-state index is 11.4. The molecule has 0 unspecified atom stereocenters. The van der Waals surface area contributed by atoms with Crippen molar-refractivity contribution in [3.63, 3.8) is 0 Å². The van der Waals surface area contributed by atoms with Crippen molar-refractivity contribution in [3.8, 4) is 11.5 Å². The van der Waals surface area contributed by atoms with Crippen LogP contribution in [-0.2, 0) is 24.4 Å². The van der Waals surface area contributed by atoms with Gasteiger partial charge in [0.2, 0.25) is 0 Å². The maximum Gasteiger partial charge on any atom is 0.134 e. The number of ether oxygens (including phenoxy) is 2. The van der Waals surface area contributed by atoms with Gasteiger partial charge < -0.3 is 9.47 Å². The van der Waals surface area contributed by atoms with Crippen molar-refractivity contribution >= 4 is 16.7 Å². The number of para-hydroxylation sites is 1. The molecule has 150 valence electrons. The third-order valence-electron chi connectivity index (χ3n) is 4.82. The first-order chi connectivity index (χ1) is 14.7. The molecule has 0 aliphatic carbocycles. The molecule has 0 N–H and O–H groups in total. The summed E-state index contributed by atoms with van der Waals surface area (Å²) >= 11 is 0. The Hall–Kier alpha value is -3.66. The molecule has 4 rings (SSSR count). The molecule has 0 saturated heterocycles. The molecule has 0 aliphatic heterocycles. The molecule has 3 aromatic carbocycles. The standard InChI is InChI=1S/C26H23NO3/c1-19(28)16-21-7-2-3-8-22(21)17-29-24-12-14-25(15-13-24)30-18-23-11-10-20-6-4-5-9-26(20)27-23/h2-15H,16-18H2,1H3. The molecule has 0 bridgehead atoms. The first kappa shape index (κ1) is 19.6. The highest BCUT2D eigenvalue weighted by atomic mass is 16.5. The number of Topliss-reactive ketones (excluding diaryl/α,β-unsaturated/α-hetero) is 1. The number of rotatable bonds is 8. The molecule has 0 fully saturated rings. The van der Waals surface area contributed by atoms with Gasteiger partial charge in [-0.15, -0.1) is 0 Å². The second-order valence-corrected chi connectivity index (χ2v) is 7.19. The number of carbonyl (C=O) groups excluding carboxylic acids is 1. The summed E-state index contributed by atoms with van der Waals surface area (Å²) in [4.78, 5) is 16.1. The van der Waals surface area contributed by atoms with Gasteiger partial charge in [0, 0.05) is 11.8 Å². The lowest BCUT2D eigenvalue weighted by Gasteiger charge is -2.11. The van der Waals surface area contributed by atoms with Gasteiger partial charge in [0.05, 0.1) is 11.2 Å². The lowest BCUT2D eigenvalue weighted by Crippen LogP contribution is -2.04. The Kier molecular flexibility index (Phi) is 6.04. The second-order valence-electron chi connectivity index (χ2n) is 7.19. The minimum Gasteiger partial charge on any atom is -0.489 e. The predicted molar refractivity (Wildman–Crippen MR) is 118 cm³/mol. The number of ketones is 1. The number of hydrogen-bond donors (Lipinski definition) is 0. The minimum absolute atomic E-state index is 0.143. The van der Waals surface area contributed by atoms with E-state index in [9.17, 15) is 4.79 Å². The Morgan fingerprint density at radius 2 is 1.37 bits per heavy atom. The van der Waals surface area contributed by atoms with Gasteiger partial charge >= 0.3 is 0 Å². The second kappa shape index (κ2) is 9.23. The molecule has 0 aliphatic rings. The third-order valence-corrected chi connectivity index (χ3v) is 4.82. The van der Waals surface area contributed by atoms with Crippen LogP contribution in [0.4, 0.5) is 0 Å². The minimum atomic E-state index is 0.143. The van der Waals surface area contributed by atoms with Crippen LogP contribution in [0.15, 0.2) is 84.9 Å². The summed E-state index contributed by atoms with van der Waals surface area (Å²) in [5, 5.41) is 1.12. The van der Waals surface area contributed by atoms with Crippen molar-refractivity contribution < 1.29 is 14.3 Å². The van der Waals surface area contributed by atoms with E-state index in [0.717, 1.165) is 39.2 Å². The first-order valence-corrected chi connectivity index (χ1v) is 9.94. The highest BCUT2D eigenvalue weighted by molar-refractivity contribution is 5.79. The highest BCUT2D eigenvalue weighted by Gasteiger charge is 2.06. The fraction of sp³-hybridized carbons (Fsp3) is 0.154. The summed E-state index contributed by atoms with van der Waals surface area (Å²) in [6.07, 6.45) is 0.426. The van der Waals surface area contributed by atoms with Gasteiger partial charge in [-0.1, -0.05) is 48.5 Å². The van der Waals surface area contributed by atoms with Crippen LogP contribution in [0.25, 0.3) is 10.9 Å². The SMILES string of the molecule is CC(=O)Cc1ccccc1COc1ccc(OCc2ccc3ccccc3n2)cc1. The zero-order valence-corrected chi connectivity index (χ0v) is 16.9. The molecule has 0 spiro atoms. The monoisotopic (exact) mass is 397 g/mol. The molecular formula is C26H23NO3. The highest BCUT2D eigenvalue weighted by Crippen LogP contribution is 2.21. The summed E-state index contributed by atoms with van der Waals surface area (Å²) < 4.78 is 11.8. The van der Waals surface area contributed by atoms with E-state index < -0.39 is 0 Å². The molecule has 0 radical (unpaired) electrons. The van der Waals surface area contributed by atoms with E-state index in [1.54, 1.807) is 6.92 Å². The Balaban J connectivity index is 1.34. The van der Waals surface area contributed by atoms with Crippen LogP contribution < -0.4 is 9.47 Å². The quantitative estimate of drug-likeness (QED) is 0.393. The molecule has 4 heteroatoms. The number of aromatic nitrogens is 1. The largest absolute Gasteiger partial charge is 0.489 e. The van der Waals surface area contributed by atoms with Crippen LogP contribution in [0.1, 0.15) is 23.7 Å². The fourth-order valence-electron chi connectivity index (χ4n) is 3.28. The van der Waals surface area contributed by atoms with E-state index in [4.69, 9.17) is 9.47 Å². The van der Waals surface area contributed by atoms with E-state index in [-0.39, 0.29) is 5.78 Å². The lowest BCUT2D eigenvalue weighted by molar-refractivity contribution is -0.116. The molecule has 0 amide bonds.